The van der Waals surface area contributed by atoms with Gasteiger partial charge in [0.2, 0.25) is 0 Å². The van der Waals surface area contributed by atoms with Gasteiger partial charge in [0, 0.05) is 46.4 Å². The first kappa shape index (κ1) is 57.2. The Bertz CT molecular complexity index is 1660. The minimum absolute atomic E-state index is 0.00934. The van der Waals surface area contributed by atoms with Crippen molar-refractivity contribution in [2.75, 3.05) is 86.3 Å². The second-order valence-electron chi connectivity index (χ2n) is 15.2. The number of aliphatic hydroxyl groups is 2. The van der Waals surface area contributed by atoms with Crippen LogP contribution in [0.15, 0.2) is 48.5 Å². The highest BCUT2D eigenvalue weighted by Gasteiger charge is 2.34. The molecule has 3 atom stereocenters. The second kappa shape index (κ2) is 32.7. The quantitative estimate of drug-likeness (QED) is 0.0176. The Morgan fingerprint density at radius 2 is 1.03 bits per heavy atom. The number of thioether (sulfide) groups is 5. The van der Waals surface area contributed by atoms with E-state index in [1.165, 1.54) is 47.0 Å². The van der Waals surface area contributed by atoms with E-state index in [9.17, 15) is 34.2 Å². The molecule has 0 aliphatic heterocycles. The van der Waals surface area contributed by atoms with Gasteiger partial charge >= 0.3 is 29.8 Å². The van der Waals surface area contributed by atoms with Gasteiger partial charge in [-0.1, -0.05) is 45.0 Å². The van der Waals surface area contributed by atoms with Crippen molar-refractivity contribution in [2.45, 2.75) is 82.7 Å². The van der Waals surface area contributed by atoms with Crippen molar-refractivity contribution in [1.29, 1.82) is 0 Å². The molecule has 0 aliphatic rings. The fraction of sp³-hybridized carbons (Fsp3) is 0.622. The molecule has 0 fully saturated rings. The fourth-order valence-electron chi connectivity index (χ4n) is 5.48. The highest BCUT2D eigenvalue weighted by atomic mass is 32.2. The summed E-state index contributed by atoms with van der Waals surface area (Å²) in [5, 5.41) is 20.5. The van der Waals surface area contributed by atoms with E-state index in [2.05, 4.69) is 23.6 Å². The number of benzene rings is 2. The monoisotopic (exact) mass is 990 g/mol. The minimum atomic E-state index is -0.970. The fourth-order valence-corrected chi connectivity index (χ4v) is 8.35. The average molecular weight is 991 g/mol. The molecule has 14 nitrogen and oxygen atoms in total. The van der Waals surface area contributed by atoms with Crippen molar-refractivity contribution in [1.82, 2.24) is 0 Å². The third-order valence-electron chi connectivity index (χ3n) is 9.72. The van der Waals surface area contributed by atoms with Gasteiger partial charge in [0.15, 0.2) is 0 Å². The Hall–Kier alpha value is -2.94. The summed E-state index contributed by atoms with van der Waals surface area (Å²) in [6.07, 6.45) is 6.28. The van der Waals surface area contributed by atoms with E-state index >= 15 is 0 Å². The zero-order valence-electron chi connectivity index (χ0n) is 37.8. The number of rotatable bonds is 34. The number of aliphatic hydroxyl groups excluding tert-OH is 2. The van der Waals surface area contributed by atoms with Crippen molar-refractivity contribution in [2.24, 2.45) is 5.41 Å². The molecule has 2 aromatic carbocycles. The molecule has 0 saturated carbocycles. The number of esters is 3. The van der Waals surface area contributed by atoms with Gasteiger partial charge in [0.1, 0.15) is 43.4 Å². The number of carbonyl (C=O) groups excluding carboxylic acids is 5. The lowest BCUT2D eigenvalue weighted by atomic mass is 9.78. The first-order valence-electron chi connectivity index (χ1n) is 21.0. The van der Waals surface area contributed by atoms with Crippen molar-refractivity contribution >= 4 is 88.7 Å². The van der Waals surface area contributed by atoms with Gasteiger partial charge in [-0.3, -0.25) is 14.4 Å². The van der Waals surface area contributed by atoms with E-state index < -0.39 is 46.8 Å². The Balaban J connectivity index is 1.77. The Kier molecular flexibility index (Phi) is 29.2. The van der Waals surface area contributed by atoms with E-state index in [0.29, 0.717) is 58.9 Å². The molecule has 2 N–H and O–H groups in total. The predicted molar refractivity (Wildman–Crippen MR) is 258 cm³/mol. The van der Waals surface area contributed by atoms with E-state index in [1.54, 1.807) is 11.8 Å². The number of hydrogen-bond donors (Lipinski definition) is 2. The summed E-state index contributed by atoms with van der Waals surface area (Å²) in [5.74, 6) is 1.41. The van der Waals surface area contributed by atoms with Crippen LogP contribution in [0.1, 0.15) is 76.8 Å². The Labute approximate surface area is 399 Å². The van der Waals surface area contributed by atoms with Crippen LogP contribution < -0.4 is 9.47 Å². The standard InChI is InChI=1S/C45H66O14S5/c1-7-45(30-55-38(47)17-23-60-4,31-56-39(48)19-25-63-26-20-42(51)59-58-41(50)18-24-61-5)32-57-40(49)21-27-64-43(52)16-22-53-36-12-8-33(9-13-36)44(2,3)34-10-14-37(15-11-34)54-28-35(46)29-62-6/h8-15,35,43,46,52H,7,16-32H2,1-6H3. The third-order valence-corrected chi connectivity index (χ3v) is 13.7. The van der Waals surface area contributed by atoms with Gasteiger partial charge in [-0.25, -0.2) is 19.4 Å². The number of carbonyl (C=O) groups is 5. The first-order valence-corrected chi connectivity index (χ1v) is 27.4. The summed E-state index contributed by atoms with van der Waals surface area (Å²) in [5.41, 5.74) is 0.181. The first-order chi connectivity index (χ1) is 30.7. The summed E-state index contributed by atoms with van der Waals surface area (Å²) in [6, 6.07) is 15.7. The third kappa shape index (κ3) is 24.0. The highest BCUT2D eigenvalue weighted by Crippen LogP contribution is 2.34. The van der Waals surface area contributed by atoms with E-state index in [-0.39, 0.29) is 70.6 Å². The molecule has 0 saturated heterocycles. The van der Waals surface area contributed by atoms with Crippen LogP contribution in [0.4, 0.5) is 0 Å². The summed E-state index contributed by atoms with van der Waals surface area (Å²) < 4.78 is 28.3. The van der Waals surface area contributed by atoms with Crippen molar-refractivity contribution in [3.8, 4) is 11.5 Å². The van der Waals surface area contributed by atoms with E-state index in [4.69, 9.17) is 23.7 Å². The molecule has 0 amide bonds. The van der Waals surface area contributed by atoms with Crippen LogP contribution in [0.2, 0.25) is 0 Å². The lowest BCUT2D eigenvalue weighted by Crippen LogP contribution is -2.39. The number of ether oxygens (including phenoxy) is 5. The summed E-state index contributed by atoms with van der Waals surface area (Å²) in [7, 11) is 0. The maximum absolute atomic E-state index is 12.8. The molecular formula is C45H66O14S5. The maximum Gasteiger partial charge on any atom is 0.356 e. The lowest BCUT2D eigenvalue weighted by Gasteiger charge is -2.31. The molecule has 0 spiro atoms. The SMILES string of the molecule is CCC(COC(=O)CCSC)(COC(=O)CCSCCC(=O)OOC(=O)CCSC)COC(=O)CCSC(O)CCOc1ccc(C(C)(C)c2ccc(OCC(O)CSC)cc2)cc1. The smallest absolute Gasteiger partial charge is 0.356 e. The minimum Gasteiger partial charge on any atom is -0.493 e. The van der Waals surface area contributed by atoms with Crippen LogP contribution in [0.3, 0.4) is 0 Å². The molecule has 2 rings (SSSR count). The largest absolute Gasteiger partial charge is 0.493 e. The molecule has 19 heteroatoms. The van der Waals surface area contributed by atoms with Crippen LogP contribution in [0.25, 0.3) is 0 Å². The molecule has 0 radical (unpaired) electrons. The molecule has 360 valence electrons. The Morgan fingerprint density at radius 3 is 1.50 bits per heavy atom. The van der Waals surface area contributed by atoms with E-state index in [0.717, 1.165) is 11.1 Å². The van der Waals surface area contributed by atoms with Gasteiger partial charge in [-0.05, 0) is 60.6 Å². The molecule has 2 aromatic rings. The molecular weight excluding hydrogens is 925 g/mol. The van der Waals surface area contributed by atoms with Crippen molar-refractivity contribution in [3.63, 3.8) is 0 Å². The molecule has 3 unspecified atom stereocenters. The maximum atomic E-state index is 12.8. The zero-order chi connectivity index (χ0) is 47.2. The van der Waals surface area contributed by atoms with Gasteiger partial charge in [0.25, 0.3) is 0 Å². The molecule has 0 bridgehead atoms. The average Bonchev–Trinajstić information content (AvgIpc) is 3.29. The van der Waals surface area contributed by atoms with Crippen LogP contribution in [0.5, 0.6) is 11.5 Å². The van der Waals surface area contributed by atoms with Crippen LogP contribution in [-0.2, 0) is 53.4 Å². The molecule has 0 aliphatic carbocycles. The van der Waals surface area contributed by atoms with Crippen LogP contribution in [-0.4, -0.2) is 138 Å². The molecule has 0 aromatic heterocycles. The molecule has 64 heavy (non-hydrogen) atoms. The predicted octanol–water partition coefficient (Wildman–Crippen LogP) is 7.37. The normalized spacial score (nSPS) is 13.2. The zero-order valence-corrected chi connectivity index (χ0v) is 41.9. The Morgan fingerprint density at radius 1 is 0.594 bits per heavy atom. The van der Waals surface area contributed by atoms with Crippen LogP contribution >= 0.6 is 58.8 Å². The summed E-state index contributed by atoms with van der Waals surface area (Å²) in [6.45, 7) is 6.23. The number of hydrogen-bond acceptors (Lipinski definition) is 19. The summed E-state index contributed by atoms with van der Waals surface area (Å²) in [4.78, 5) is 70.1. The van der Waals surface area contributed by atoms with Gasteiger partial charge in [-0.2, -0.15) is 47.0 Å². The van der Waals surface area contributed by atoms with E-state index in [1.807, 2.05) is 74.2 Å². The van der Waals surface area contributed by atoms with Gasteiger partial charge in [0.05, 0.1) is 50.2 Å². The van der Waals surface area contributed by atoms with Gasteiger partial charge in [-0.15, -0.1) is 11.8 Å². The van der Waals surface area contributed by atoms with Gasteiger partial charge < -0.3 is 33.9 Å². The van der Waals surface area contributed by atoms with Crippen molar-refractivity contribution in [3.05, 3.63) is 59.7 Å². The van der Waals surface area contributed by atoms with Crippen LogP contribution in [0, 0.1) is 5.41 Å². The highest BCUT2D eigenvalue weighted by molar-refractivity contribution is 8.00. The molecule has 0 heterocycles. The lowest BCUT2D eigenvalue weighted by molar-refractivity contribution is -0.258. The van der Waals surface area contributed by atoms with Crippen molar-refractivity contribution < 1.29 is 67.6 Å². The second-order valence-corrected chi connectivity index (χ2v) is 20.5. The summed E-state index contributed by atoms with van der Waals surface area (Å²) >= 11 is 7.09. The topological polar surface area (TPSA) is 190 Å².